The maximum Gasteiger partial charge on any atom is 0.237 e. The smallest absolute Gasteiger partial charge is 0.237 e. The molecule has 2 N–H and O–H groups in total. The predicted molar refractivity (Wildman–Crippen MR) is 183 cm³/mol. The van der Waals surface area contributed by atoms with Gasteiger partial charge in [-0.05, 0) is 41.7 Å². The van der Waals surface area contributed by atoms with Gasteiger partial charge in [0.05, 0.1) is 48.3 Å². The molecule has 0 bridgehead atoms. The number of aromatic nitrogens is 2. The van der Waals surface area contributed by atoms with Crippen molar-refractivity contribution in [1.29, 1.82) is 0 Å². The van der Waals surface area contributed by atoms with E-state index >= 15 is 0 Å². The molecule has 3 aliphatic rings. The van der Waals surface area contributed by atoms with Crippen LogP contribution in [0.2, 0.25) is 10.0 Å². The summed E-state index contributed by atoms with van der Waals surface area (Å²) >= 11 is 14.3. The molecule has 7 rings (SSSR count). The monoisotopic (exact) mass is 673 g/mol. The van der Waals surface area contributed by atoms with Gasteiger partial charge in [-0.15, -0.1) is 0 Å². The Balaban J connectivity index is 1.17. The van der Waals surface area contributed by atoms with Gasteiger partial charge >= 0.3 is 0 Å². The molecule has 0 atom stereocenters. The van der Waals surface area contributed by atoms with E-state index in [0.29, 0.717) is 41.1 Å². The summed E-state index contributed by atoms with van der Waals surface area (Å²) in [6, 6.07) is 16.0. The average molecular weight is 675 g/mol. The van der Waals surface area contributed by atoms with Gasteiger partial charge < -0.3 is 19.9 Å². The van der Waals surface area contributed by atoms with Crippen LogP contribution in [0.1, 0.15) is 29.7 Å². The predicted octanol–water partition coefficient (Wildman–Crippen LogP) is 5.62. The summed E-state index contributed by atoms with van der Waals surface area (Å²) in [5.41, 5.74) is 7.75. The fourth-order valence-corrected chi connectivity index (χ4v) is 7.89. The standard InChI is InChI=1S/C36H37Cl2N5O4/c1-46-31-16-22(15-23-18-42(13-14-44)12-10-24(23)31)25-5-3-6-26(33(25)37)27-7-4-8-28(34(27)38)29-17-39-30(35(40-29)47-2)19-43-20-36(21-43)11-9-32(45)41-36/h3-8,15-17,44H,9-14,18-21H2,1-2H3,(H,41,45). The average Bonchev–Trinajstić information content (AvgIpc) is 3.46. The molecule has 0 radical (unpaired) electrons. The third kappa shape index (κ3) is 6.07. The van der Waals surface area contributed by atoms with E-state index in [9.17, 15) is 9.90 Å². The second-order valence-electron chi connectivity index (χ2n) is 12.6. The Morgan fingerprint density at radius 1 is 0.957 bits per heavy atom. The van der Waals surface area contributed by atoms with Gasteiger partial charge in [0.25, 0.3) is 0 Å². The van der Waals surface area contributed by atoms with Crippen LogP contribution in [0.5, 0.6) is 11.6 Å². The Bertz CT molecular complexity index is 1840. The Labute approximate surface area is 284 Å². The number of fused-ring (bicyclic) bond motifs is 1. The lowest BCUT2D eigenvalue weighted by atomic mass is 9.88. The third-order valence-corrected chi connectivity index (χ3v) is 10.4. The van der Waals surface area contributed by atoms with Crippen molar-refractivity contribution in [3.05, 3.63) is 81.6 Å². The Hall–Kier alpha value is -3.73. The molecule has 47 heavy (non-hydrogen) atoms. The molecular formula is C36H37Cl2N5O4. The molecule has 4 aromatic rings. The van der Waals surface area contributed by atoms with Crippen LogP contribution in [0.4, 0.5) is 0 Å². The molecule has 1 spiro atoms. The van der Waals surface area contributed by atoms with E-state index in [-0.39, 0.29) is 18.1 Å². The molecule has 3 aromatic carbocycles. The van der Waals surface area contributed by atoms with E-state index in [1.54, 1.807) is 20.4 Å². The highest BCUT2D eigenvalue weighted by Gasteiger charge is 2.47. The second kappa shape index (κ2) is 13.1. The van der Waals surface area contributed by atoms with Crippen molar-refractivity contribution in [1.82, 2.24) is 25.1 Å². The van der Waals surface area contributed by atoms with Gasteiger partial charge in [-0.3, -0.25) is 19.6 Å². The zero-order valence-electron chi connectivity index (χ0n) is 26.5. The molecule has 244 valence electrons. The van der Waals surface area contributed by atoms with E-state index in [1.807, 2.05) is 36.4 Å². The topological polar surface area (TPSA) is 100 Å². The first kappa shape index (κ1) is 31.8. The number of nitrogens with one attached hydrogen (secondary N) is 1. The van der Waals surface area contributed by atoms with Crippen molar-refractivity contribution >= 4 is 29.1 Å². The lowest BCUT2D eigenvalue weighted by Crippen LogP contribution is -2.66. The number of likely N-dealkylation sites (tertiary alicyclic amines) is 1. The molecule has 2 fully saturated rings. The van der Waals surface area contributed by atoms with E-state index in [4.69, 9.17) is 42.6 Å². The number of methoxy groups -OCH3 is 2. The summed E-state index contributed by atoms with van der Waals surface area (Å²) < 4.78 is 11.5. The van der Waals surface area contributed by atoms with Crippen LogP contribution in [0.3, 0.4) is 0 Å². The first-order chi connectivity index (χ1) is 22.8. The zero-order chi connectivity index (χ0) is 32.7. The summed E-state index contributed by atoms with van der Waals surface area (Å²) in [4.78, 5) is 25.7. The number of nitrogens with zero attached hydrogens (tertiary/aromatic N) is 4. The van der Waals surface area contributed by atoms with Crippen molar-refractivity contribution in [3.63, 3.8) is 0 Å². The van der Waals surface area contributed by atoms with Crippen molar-refractivity contribution < 1.29 is 19.4 Å². The molecule has 1 aromatic heterocycles. The highest BCUT2D eigenvalue weighted by Crippen LogP contribution is 2.44. The quantitative estimate of drug-likeness (QED) is 0.236. The normalized spacial score (nSPS) is 17.3. The van der Waals surface area contributed by atoms with Crippen molar-refractivity contribution in [3.8, 4) is 45.1 Å². The van der Waals surface area contributed by atoms with Gasteiger partial charge in [0.1, 0.15) is 11.4 Å². The van der Waals surface area contributed by atoms with Crippen molar-refractivity contribution in [2.45, 2.75) is 37.9 Å². The summed E-state index contributed by atoms with van der Waals surface area (Å²) in [6.07, 6.45) is 4.06. The van der Waals surface area contributed by atoms with Crippen LogP contribution in [0.15, 0.2) is 54.7 Å². The number of rotatable bonds is 9. The number of β-amino-alcohol motifs (C(OH)–C–C–N with tert-alkyl or cyclic N) is 1. The number of benzene rings is 3. The molecule has 2 saturated heterocycles. The molecular weight excluding hydrogens is 637 g/mol. The number of hydrogen-bond donors (Lipinski definition) is 2. The molecule has 4 heterocycles. The van der Waals surface area contributed by atoms with Crippen LogP contribution in [-0.4, -0.2) is 83.3 Å². The van der Waals surface area contributed by atoms with Crippen molar-refractivity contribution in [2.75, 3.05) is 47.0 Å². The fraction of sp³-hybridized carbons (Fsp3) is 0.361. The zero-order valence-corrected chi connectivity index (χ0v) is 28.0. The largest absolute Gasteiger partial charge is 0.496 e. The van der Waals surface area contributed by atoms with E-state index in [2.05, 4.69) is 27.2 Å². The lowest BCUT2D eigenvalue weighted by molar-refractivity contribution is -0.120. The molecule has 11 heteroatoms. The van der Waals surface area contributed by atoms with E-state index in [1.165, 1.54) is 11.1 Å². The van der Waals surface area contributed by atoms with Crippen LogP contribution < -0.4 is 14.8 Å². The summed E-state index contributed by atoms with van der Waals surface area (Å²) in [7, 11) is 3.29. The molecule has 0 aliphatic carbocycles. The molecule has 0 saturated carbocycles. The SMILES string of the molecule is COc1cc(-c2cccc(-c3cccc(-c4cnc(CN5CC6(CCC(=O)N6)C5)c(OC)n4)c3Cl)c2Cl)cc2c1CCN(CCO)C2. The number of carbonyl (C=O) groups is 1. The Morgan fingerprint density at radius 2 is 1.68 bits per heavy atom. The Kier molecular flexibility index (Phi) is 8.84. The summed E-state index contributed by atoms with van der Waals surface area (Å²) in [5, 5.41) is 13.7. The first-order valence-corrected chi connectivity index (χ1v) is 16.6. The van der Waals surface area contributed by atoms with Gasteiger partial charge in [0, 0.05) is 67.9 Å². The molecule has 1 amide bonds. The van der Waals surface area contributed by atoms with Crippen LogP contribution in [0.25, 0.3) is 33.5 Å². The first-order valence-electron chi connectivity index (χ1n) is 15.9. The minimum atomic E-state index is -0.0995. The maximum absolute atomic E-state index is 11.7. The molecule has 0 unspecified atom stereocenters. The highest BCUT2D eigenvalue weighted by atomic mass is 35.5. The number of carbonyl (C=O) groups excluding carboxylic acids is 1. The van der Waals surface area contributed by atoms with Gasteiger partial charge in [-0.25, -0.2) is 4.98 Å². The van der Waals surface area contributed by atoms with E-state index < -0.39 is 0 Å². The van der Waals surface area contributed by atoms with E-state index in [0.717, 1.165) is 78.3 Å². The van der Waals surface area contributed by atoms with Gasteiger partial charge in [0.15, 0.2) is 0 Å². The fourth-order valence-electron chi connectivity index (χ4n) is 7.23. The van der Waals surface area contributed by atoms with Crippen LogP contribution in [-0.2, 0) is 24.3 Å². The lowest BCUT2D eigenvalue weighted by Gasteiger charge is -2.47. The van der Waals surface area contributed by atoms with Gasteiger partial charge in [-0.1, -0.05) is 59.6 Å². The third-order valence-electron chi connectivity index (χ3n) is 9.55. The van der Waals surface area contributed by atoms with Crippen molar-refractivity contribution in [2.24, 2.45) is 0 Å². The number of hydrogen-bond acceptors (Lipinski definition) is 8. The Morgan fingerprint density at radius 3 is 2.36 bits per heavy atom. The van der Waals surface area contributed by atoms with Gasteiger partial charge in [0.2, 0.25) is 11.8 Å². The van der Waals surface area contributed by atoms with Gasteiger partial charge in [-0.2, -0.15) is 0 Å². The minimum Gasteiger partial charge on any atom is -0.496 e. The number of aliphatic hydroxyl groups excluding tert-OH is 1. The number of amides is 1. The highest BCUT2D eigenvalue weighted by molar-refractivity contribution is 6.39. The number of ether oxygens (including phenoxy) is 2. The number of halogens is 2. The summed E-state index contributed by atoms with van der Waals surface area (Å²) in [5.74, 6) is 1.42. The van der Waals surface area contributed by atoms with Crippen LogP contribution >= 0.6 is 23.2 Å². The minimum absolute atomic E-state index is 0.0995. The molecule has 9 nitrogen and oxygen atoms in total. The molecule has 3 aliphatic heterocycles. The second-order valence-corrected chi connectivity index (χ2v) is 13.3. The van der Waals surface area contributed by atoms with Crippen LogP contribution in [0, 0.1) is 0 Å². The number of aliphatic hydroxyl groups is 1. The summed E-state index contributed by atoms with van der Waals surface area (Å²) in [6.45, 7) is 4.55. The maximum atomic E-state index is 11.7.